The highest BCUT2D eigenvalue weighted by Crippen LogP contribution is 2.49. The lowest BCUT2D eigenvalue weighted by atomic mass is 9.94. The van der Waals surface area contributed by atoms with Crippen molar-refractivity contribution in [2.75, 3.05) is 13.7 Å². The number of hydrogen-bond acceptors (Lipinski definition) is 6. The zero-order valence-electron chi connectivity index (χ0n) is 12.5. The van der Waals surface area contributed by atoms with Gasteiger partial charge in [0.15, 0.2) is 17.7 Å². The van der Waals surface area contributed by atoms with Crippen LogP contribution in [-0.2, 0) is 34.9 Å². The van der Waals surface area contributed by atoms with Crippen LogP contribution >= 0.6 is 0 Å². The van der Waals surface area contributed by atoms with E-state index >= 15 is 0 Å². The van der Waals surface area contributed by atoms with Gasteiger partial charge in [0.2, 0.25) is 0 Å². The fraction of sp³-hybridized carbons (Fsp3) is 0.714. The van der Waals surface area contributed by atoms with E-state index in [1.165, 1.54) is 14.0 Å². The molecule has 2 fully saturated rings. The van der Waals surface area contributed by atoms with E-state index < -0.39 is 41.8 Å². The summed E-state index contributed by atoms with van der Waals surface area (Å²) < 4.78 is 36.1. The maximum absolute atomic E-state index is 11.8. The predicted molar refractivity (Wildman–Crippen MR) is 77.2 cm³/mol. The van der Waals surface area contributed by atoms with Gasteiger partial charge < -0.3 is 18.8 Å². The summed E-state index contributed by atoms with van der Waals surface area (Å²) in [4.78, 5) is 23.0. The molecule has 7 nitrogen and oxygen atoms in total. The molecule has 124 valence electrons. The standard InChI is InChI=1S/C14H20O7S/c1-7(2)14(16)20-6-11(15)21-12-8-4-9(13(12)19-3)10(5-8)22(17)18/h8-10,12-13H,1,4-6H2,2-3H3,(H,17,18). The second kappa shape index (κ2) is 6.89. The van der Waals surface area contributed by atoms with E-state index in [0.717, 1.165) is 0 Å². The maximum Gasteiger partial charge on any atom is 0.344 e. The van der Waals surface area contributed by atoms with E-state index in [2.05, 4.69) is 6.58 Å². The molecule has 0 heterocycles. The summed E-state index contributed by atoms with van der Waals surface area (Å²) >= 11 is -1.90. The van der Waals surface area contributed by atoms with Gasteiger partial charge in [-0.3, -0.25) is 0 Å². The highest BCUT2D eigenvalue weighted by molar-refractivity contribution is 7.79. The molecular weight excluding hydrogens is 312 g/mol. The molecule has 2 bridgehead atoms. The van der Waals surface area contributed by atoms with Crippen LogP contribution in [0.4, 0.5) is 0 Å². The molecule has 2 rings (SSSR count). The number of carbonyl (C=O) groups excluding carboxylic acids is 2. The van der Waals surface area contributed by atoms with Crippen LogP contribution in [0.3, 0.4) is 0 Å². The van der Waals surface area contributed by atoms with E-state index in [0.29, 0.717) is 12.8 Å². The molecule has 2 aliphatic rings. The van der Waals surface area contributed by atoms with Crippen molar-refractivity contribution in [2.45, 2.75) is 37.2 Å². The Morgan fingerprint density at radius 1 is 1.32 bits per heavy atom. The molecule has 0 saturated heterocycles. The molecule has 2 saturated carbocycles. The zero-order valence-corrected chi connectivity index (χ0v) is 13.3. The number of carbonyl (C=O) groups is 2. The van der Waals surface area contributed by atoms with Crippen molar-refractivity contribution in [1.82, 2.24) is 0 Å². The number of methoxy groups -OCH3 is 1. The Labute approximate surface area is 131 Å². The molecule has 0 aromatic carbocycles. The van der Waals surface area contributed by atoms with Gasteiger partial charge in [-0.15, -0.1) is 0 Å². The Balaban J connectivity index is 1.91. The van der Waals surface area contributed by atoms with Crippen molar-refractivity contribution < 1.29 is 32.6 Å². The summed E-state index contributed by atoms with van der Waals surface area (Å²) in [7, 11) is 1.49. The largest absolute Gasteiger partial charge is 0.457 e. The fourth-order valence-electron chi connectivity index (χ4n) is 3.33. The van der Waals surface area contributed by atoms with Crippen molar-refractivity contribution in [1.29, 1.82) is 0 Å². The molecule has 0 amide bonds. The molecule has 0 spiro atoms. The Morgan fingerprint density at radius 2 is 2.00 bits per heavy atom. The van der Waals surface area contributed by atoms with Crippen LogP contribution in [0, 0.1) is 11.8 Å². The number of esters is 2. The quantitative estimate of drug-likeness (QED) is 0.433. The third kappa shape index (κ3) is 3.39. The van der Waals surface area contributed by atoms with Crippen molar-refractivity contribution in [3.63, 3.8) is 0 Å². The van der Waals surface area contributed by atoms with E-state index in [-0.39, 0.29) is 22.7 Å². The molecule has 0 aromatic rings. The lowest BCUT2D eigenvalue weighted by Crippen LogP contribution is -2.44. The molecule has 22 heavy (non-hydrogen) atoms. The molecular formula is C14H20O7S. The van der Waals surface area contributed by atoms with E-state index in [1.54, 1.807) is 0 Å². The first-order valence-corrected chi connectivity index (χ1v) is 8.16. The van der Waals surface area contributed by atoms with Crippen LogP contribution in [0.5, 0.6) is 0 Å². The van der Waals surface area contributed by atoms with Gasteiger partial charge in [0, 0.05) is 24.5 Å². The lowest BCUT2D eigenvalue weighted by Gasteiger charge is -2.32. The van der Waals surface area contributed by atoms with Gasteiger partial charge in [-0.1, -0.05) is 6.58 Å². The topological polar surface area (TPSA) is 99.1 Å². The van der Waals surface area contributed by atoms with Crippen LogP contribution < -0.4 is 0 Å². The van der Waals surface area contributed by atoms with Gasteiger partial charge in [-0.2, -0.15) is 0 Å². The van der Waals surface area contributed by atoms with Crippen LogP contribution in [-0.4, -0.2) is 51.9 Å². The first-order valence-electron chi connectivity index (χ1n) is 6.99. The number of fused-ring (bicyclic) bond motifs is 2. The molecule has 0 aliphatic heterocycles. The molecule has 2 aliphatic carbocycles. The third-order valence-electron chi connectivity index (χ3n) is 4.27. The Hall–Kier alpha value is -1.25. The SMILES string of the molecule is C=C(C)C(=O)OCC(=O)OC1C2CC(C1OC)C(S(=O)O)C2. The zero-order chi connectivity index (χ0) is 16.4. The number of rotatable bonds is 6. The minimum absolute atomic E-state index is 0.00292. The van der Waals surface area contributed by atoms with E-state index in [4.69, 9.17) is 14.2 Å². The summed E-state index contributed by atoms with van der Waals surface area (Å²) in [6.07, 6.45) is 0.349. The smallest absolute Gasteiger partial charge is 0.344 e. The van der Waals surface area contributed by atoms with Crippen molar-refractivity contribution in [3.05, 3.63) is 12.2 Å². The second-order valence-electron chi connectivity index (χ2n) is 5.72. The maximum atomic E-state index is 11.8. The highest BCUT2D eigenvalue weighted by Gasteiger charge is 2.56. The Morgan fingerprint density at radius 3 is 2.55 bits per heavy atom. The summed E-state index contributed by atoms with van der Waals surface area (Å²) in [5.41, 5.74) is 0.204. The van der Waals surface area contributed by atoms with Crippen LogP contribution in [0.15, 0.2) is 12.2 Å². The van der Waals surface area contributed by atoms with Crippen molar-refractivity contribution in [3.8, 4) is 0 Å². The summed E-state index contributed by atoms with van der Waals surface area (Å²) in [6.45, 7) is 4.42. The minimum Gasteiger partial charge on any atom is -0.457 e. The van der Waals surface area contributed by atoms with Gasteiger partial charge in [0.25, 0.3) is 0 Å². The molecule has 8 heteroatoms. The first kappa shape index (κ1) is 17.1. The van der Waals surface area contributed by atoms with E-state index in [1.807, 2.05) is 0 Å². The van der Waals surface area contributed by atoms with Crippen LogP contribution in [0.25, 0.3) is 0 Å². The van der Waals surface area contributed by atoms with Crippen LogP contribution in [0.1, 0.15) is 19.8 Å². The Kier molecular flexibility index (Phi) is 5.36. The normalized spacial score (nSPS) is 34.2. The van der Waals surface area contributed by atoms with E-state index in [9.17, 15) is 18.4 Å². The summed E-state index contributed by atoms with van der Waals surface area (Å²) in [6, 6.07) is 0. The second-order valence-corrected chi connectivity index (χ2v) is 6.88. The van der Waals surface area contributed by atoms with Gasteiger partial charge in [-0.25, -0.2) is 13.8 Å². The van der Waals surface area contributed by atoms with Crippen molar-refractivity contribution >= 4 is 23.0 Å². The monoisotopic (exact) mass is 332 g/mol. The molecule has 6 atom stereocenters. The van der Waals surface area contributed by atoms with Gasteiger partial charge in [0.1, 0.15) is 6.10 Å². The summed E-state index contributed by atoms with van der Waals surface area (Å²) in [5.74, 6) is -1.41. The highest BCUT2D eigenvalue weighted by atomic mass is 32.2. The third-order valence-corrected chi connectivity index (χ3v) is 5.33. The summed E-state index contributed by atoms with van der Waals surface area (Å²) in [5, 5.41) is -0.342. The number of hydrogen-bond donors (Lipinski definition) is 1. The van der Waals surface area contributed by atoms with Gasteiger partial charge >= 0.3 is 11.9 Å². The van der Waals surface area contributed by atoms with Crippen LogP contribution in [0.2, 0.25) is 0 Å². The molecule has 0 aromatic heterocycles. The molecule has 1 N–H and O–H groups in total. The van der Waals surface area contributed by atoms with Gasteiger partial charge in [-0.05, 0) is 19.8 Å². The predicted octanol–water partition coefficient (Wildman–Crippen LogP) is 0.663. The molecule has 0 radical (unpaired) electrons. The lowest BCUT2D eigenvalue weighted by molar-refractivity contribution is -0.168. The number of ether oxygens (including phenoxy) is 3. The Bertz CT molecular complexity index is 503. The average Bonchev–Trinajstić information content (AvgIpc) is 3.02. The fourth-order valence-corrected chi connectivity index (χ4v) is 4.31. The first-order chi connectivity index (χ1) is 10.3. The molecule has 6 unspecified atom stereocenters. The average molecular weight is 332 g/mol. The van der Waals surface area contributed by atoms with Crippen molar-refractivity contribution in [2.24, 2.45) is 11.8 Å². The van der Waals surface area contributed by atoms with Gasteiger partial charge in [0.05, 0.1) is 11.4 Å². The minimum atomic E-state index is -1.90.